The van der Waals surface area contributed by atoms with Crippen molar-refractivity contribution in [1.82, 2.24) is 10.3 Å². The van der Waals surface area contributed by atoms with Crippen LogP contribution in [-0.4, -0.2) is 11.4 Å². The number of hydrogen-bond acceptors (Lipinski definition) is 4. The summed E-state index contributed by atoms with van der Waals surface area (Å²) < 4.78 is 0. The molecular weight excluding hydrogens is 254 g/mol. The van der Waals surface area contributed by atoms with Crippen molar-refractivity contribution in [3.05, 3.63) is 67.5 Å². The lowest BCUT2D eigenvalue weighted by atomic mass is 10.1. The Morgan fingerprint density at radius 1 is 1.32 bits per heavy atom. The summed E-state index contributed by atoms with van der Waals surface area (Å²) in [6.07, 6.45) is 3.46. The van der Waals surface area contributed by atoms with Crippen molar-refractivity contribution in [2.24, 2.45) is 5.84 Å². The van der Waals surface area contributed by atoms with Crippen LogP contribution in [0.5, 0.6) is 0 Å². The molecule has 4 heteroatoms. The van der Waals surface area contributed by atoms with E-state index in [4.69, 9.17) is 5.84 Å². The standard InChI is InChI=1S/C15H19N3S/c1-5-13-7-14(9-15(19)8-13)12(4)18(6-2)10-11(3)17-16/h5-9,17,19H,1-4,10,16H2. The maximum atomic E-state index is 5.32. The Balaban J connectivity index is 3.03. The first-order chi connectivity index (χ1) is 9.01. The second kappa shape index (κ2) is 6.87. The predicted octanol–water partition coefficient (Wildman–Crippen LogP) is 3.01. The summed E-state index contributed by atoms with van der Waals surface area (Å²) in [7, 11) is 0. The second-order valence-electron chi connectivity index (χ2n) is 4.02. The van der Waals surface area contributed by atoms with Crippen LogP contribution in [0, 0.1) is 0 Å². The molecule has 0 aliphatic carbocycles. The van der Waals surface area contributed by atoms with Gasteiger partial charge >= 0.3 is 0 Å². The SMILES string of the molecule is C=Cc1cc(S)cc(C(=C)N(C=C)CC(=C)NN)c1. The number of hydrogen-bond donors (Lipinski definition) is 3. The molecule has 0 saturated carbocycles. The predicted molar refractivity (Wildman–Crippen MR) is 86.2 cm³/mol. The fourth-order valence-electron chi connectivity index (χ4n) is 1.61. The highest BCUT2D eigenvalue weighted by atomic mass is 32.1. The monoisotopic (exact) mass is 273 g/mol. The van der Waals surface area contributed by atoms with E-state index in [1.54, 1.807) is 12.3 Å². The first-order valence-corrected chi connectivity index (χ1v) is 6.16. The molecule has 0 heterocycles. The van der Waals surface area contributed by atoms with Crippen molar-refractivity contribution in [3.8, 4) is 0 Å². The average molecular weight is 273 g/mol. The molecule has 0 aromatic heterocycles. The van der Waals surface area contributed by atoms with Gasteiger partial charge in [-0.1, -0.05) is 32.4 Å². The van der Waals surface area contributed by atoms with Crippen LogP contribution in [0.25, 0.3) is 11.8 Å². The Labute approximate surface area is 120 Å². The van der Waals surface area contributed by atoms with Gasteiger partial charge in [-0.25, -0.2) is 0 Å². The topological polar surface area (TPSA) is 41.3 Å². The van der Waals surface area contributed by atoms with Crippen molar-refractivity contribution >= 4 is 24.4 Å². The Hall–Kier alpha value is -1.91. The molecular formula is C15H19N3S. The summed E-state index contributed by atoms with van der Waals surface area (Å²) in [5, 5.41) is 0. The molecule has 0 aliphatic rings. The third-order valence-corrected chi connectivity index (χ3v) is 2.90. The largest absolute Gasteiger partial charge is 0.343 e. The fraction of sp³-hybridized carbons (Fsp3) is 0.0667. The van der Waals surface area contributed by atoms with Gasteiger partial charge in [-0.3, -0.25) is 5.84 Å². The van der Waals surface area contributed by atoms with E-state index in [-0.39, 0.29) is 0 Å². The molecule has 100 valence electrons. The van der Waals surface area contributed by atoms with Gasteiger partial charge in [0.15, 0.2) is 0 Å². The van der Waals surface area contributed by atoms with Crippen LogP contribution in [0.4, 0.5) is 0 Å². The minimum atomic E-state index is 0.499. The van der Waals surface area contributed by atoms with Crippen LogP contribution in [-0.2, 0) is 0 Å². The zero-order chi connectivity index (χ0) is 14.4. The molecule has 0 amide bonds. The van der Waals surface area contributed by atoms with E-state index in [1.165, 1.54) is 0 Å². The van der Waals surface area contributed by atoms with Crippen LogP contribution in [0.2, 0.25) is 0 Å². The van der Waals surface area contributed by atoms with E-state index >= 15 is 0 Å². The van der Waals surface area contributed by atoms with Crippen molar-refractivity contribution in [3.63, 3.8) is 0 Å². The Morgan fingerprint density at radius 2 is 2.00 bits per heavy atom. The Bertz CT molecular complexity index is 520. The smallest absolute Gasteiger partial charge is 0.0630 e. The fourth-order valence-corrected chi connectivity index (χ4v) is 1.89. The Kier molecular flexibility index (Phi) is 5.48. The number of rotatable bonds is 7. The highest BCUT2D eigenvalue weighted by Crippen LogP contribution is 2.23. The Morgan fingerprint density at radius 3 is 2.53 bits per heavy atom. The molecule has 0 spiro atoms. The number of benzene rings is 1. The minimum absolute atomic E-state index is 0.499. The van der Waals surface area contributed by atoms with Gasteiger partial charge in [0, 0.05) is 16.3 Å². The number of nitrogens with zero attached hydrogens (tertiary/aromatic N) is 1. The summed E-state index contributed by atoms with van der Waals surface area (Å²) in [6, 6.07) is 5.86. The van der Waals surface area contributed by atoms with Gasteiger partial charge in [0.2, 0.25) is 0 Å². The summed E-state index contributed by atoms with van der Waals surface area (Å²) in [5.74, 6) is 5.32. The number of nitrogens with two attached hydrogens (primary N) is 1. The molecule has 19 heavy (non-hydrogen) atoms. The summed E-state index contributed by atoms with van der Waals surface area (Å²) in [5.41, 5.74) is 5.92. The van der Waals surface area contributed by atoms with E-state index in [2.05, 4.69) is 44.4 Å². The van der Waals surface area contributed by atoms with E-state index < -0.39 is 0 Å². The average Bonchev–Trinajstić information content (AvgIpc) is 2.42. The number of nitrogens with one attached hydrogen (secondary N) is 1. The molecule has 0 radical (unpaired) electrons. The van der Waals surface area contributed by atoms with Crippen LogP contribution < -0.4 is 11.3 Å². The highest BCUT2D eigenvalue weighted by Gasteiger charge is 2.09. The summed E-state index contributed by atoms with van der Waals surface area (Å²) >= 11 is 4.38. The molecule has 0 unspecified atom stereocenters. The van der Waals surface area contributed by atoms with Crippen molar-refractivity contribution in [2.75, 3.05) is 6.54 Å². The molecule has 3 N–H and O–H groups in total. The van der Waals surface area contributed by atoms with Gasteiger partial charge in [0.25, 0.3) is 0 Å². The maximum Gasteiger partial charge on any atom is 0.0630 e. The van der Waals surface area contributed by atoms with E-state index in [0.717, 1.165) is 21.7 Å². The third-order valence-electron chi connectivity index (χ3n) is 2.64. The lowest BCUT2D eigenvalue weighted by Gasteiger charge is -2.24. The van der Waals surface area contributed by atoms with E-state index in [1.807, 2.05) is 23.1 Å². The second-order valence-corrected chi connectivity index (χ2v) is 4.54. The van der Waals surface area contributed by atoms with Gasteiger partial charge in [-0.05, 0) is 35.5 Å². The summed E-state index contributed by atoms with van der Waals surface area (Å²) in [6.45, 7) is 15.9. The molecule has 0 atom stereocenters. The first-order valence-electron chi connectivity index (χ1n) is 5.71. The van der Waals surface area contributed by atoms with Crippen molar-refractivity contribution in [1.29, 1.82) is 0 Å². The molecule has 0 aliphatic heterocycles. The van der Waals surface area contributed by atoms with Crippen LogP contribution in [0.15, 0.2) is 61.3 Å². The van der Waals surface area contributed by atoms with Crippen molar-refractivity contribution in [2.45, 2.75) is 4.90 Å². The molecule has 1 aromatic rings. The van der Waals surface area contributed by atoms with Crippen LogP contribution in [0.1, 0.15) is 11.1 Å². The highest BCUT2D eigenvalue weighted by molar-refractivity contribution is 7.80. The van der Waals surface area contributed by atoms with Gasteiger partial charge in [0.1, 0.15) is 0 Å². The zero-order valence-corrected chi connectivity index (χ0v) is 11.8. The molecule has 1 rings (SSSR count). The van der Waals surface area contributed by atoms with Gasteiger partial charge in [-0.15, -0.1) is 12.6 Å². The number of hydrazine groups is 1. The molecule has 0 fully saturated rings. The van der Waals surface area contributed by atoms with Crippen LogP contribution in [0.3, 0.4) is 0 Å². The molecule has 3 nitrogen and oxygen atoms in total. The molecule has 0 bridgehead atoms. The molecule has 1 aromatic carbocycles. The lowest BCUT2D eigenvalue weighted by molar-refractivity contribution is 0.557. The van der Waals surface area contributed by atoms with E-state index in [0.29, 0.717) is 12.2 Å². The quantitative estimate of drug-likeness (QED) is 0.406. The van der Waals surface area contributed by atoms with Crippen LogP contribution >= 0.6 is 12.6 Å². The maximum absolute atomic E-state index is 5.32. The normalized spacial score (nSPS) is 9.58. The minimum Gasteiger partial charge on any atom is -0.343 e. The summed E-state index contributed by atoms with van der Waals surface area (Å²) in [4.78, 5) is 2.71. The first kappa shape index (κ1) is 15.1. The third kappa shape index (κ3) is 4.05. The number of thiol groups is 1. The lowest BCUT2D eigenvalue weighted by Crippen LogP contribution is -2.28. The molecule has 0 saturated heterocycles. The zero-order valence-electron chi connectivity index (χ0n) is 10.9. The van der Waals surface area contributed by atoms with Gasteiger partial charge in [-0.2, -0.15) is 0 Å². The van der Waals surface area contributed by atoms with Gasteiger partial charge in [0.05, 0.1) is 6.54 Å². The van der Waals surface area contributed by atoms with Gasteiger partial charge < -0.3 is 10.3 Å². The van der Waals surface area contributed by atoms with E-state index in [9.17, 15) is 0 Å². The van der Waals surface area contributed by atoms with Crippen molar-refractivity contribution < 1.29 is 0 Å².